The Morgan fingerprint density at radius 3 is 2.65 bits per heavy atom. The standard InChI is InChI=1S/C18H25N5/c1-15(13-16-7-3-4-9-19-16)22(2)14-17-8-10-20-18(21-17)23-11-5-6-12-23/h3-4,7-10,15H,5-6,11-14H2,1-2H3. The molecule has 3 heterocycles. The van der Waals surface area contributed by atoms with Gasteiger partial charge in [0.2, 0.25) is 5.95 Å². The van der Waals surface area contributed by atoms with E-state index in [0.29, 0.717) is 6.04 Å². The number of rotatable bonds is 6. The van der Waals surface area contributed by atoms with Crippen LogP contribution >= 0.6 is 0 Å². The van der Waals surface area contributed by atoms with E-state index in [9.17, 15) is 0 Å². The second kappa shape index (κ2) is 7.51. The van der Waals surface area contributed by atoms with Crippen LogP contribution in [0.25, 0.3) is 0 Å². The van der Waals surface area contributed by atoms with E-state index < -0.39 is 0 Å². The number of anilines is 1. The first-order valence-corrected chi connectivity index (χ1v) is 8.39. The summed E-state index contributed by atoms with van der Waals surface area (Å²) in [4.78, 5) is 18.2. The number of pyridine rings is 1. The summed E-state index contributed by atoms with van der Waals surface area (Å²) in [6.07, 6.45) is 7.17. The van der Waals surface area contributed by atoms with Gasteiger partial charge in [0.05, 0.1) is 5.69 Å². The molecular weight excluding hydrogens is 286 g/mol. The number of hydrogen-bond acceptors (Lipinski definition) is 5. The van der Waals surface area contributed by atoms with Crippen molar-refractivity contribution < 1.29 is 0 Å². The highest BCUT2D eigenvalue weighted by Crippen LogP contribution is 2.16. The van der Waals surface area contributed by atoms with Gasteiger partial charge in [-0.15, -0.1) is 0 Å². The molecule has 1 aliphatic rings. The number of nitrogens with zero attached hydrogens (tertiary/aromatic N) is 5. The summed E-state index contributed by atoms with van der Waals surface area (Å²) in [7, 11) is 2.14. The third kappa shape index (κ3) is 4.26. The lowest BCUT2D eigenvalue weighted by Gasteiger charge is -2.24. The van der Waals surface area contributed by atoms with Crippen molar-refractivity contribution in [2.24, 2.45) is 0 Å². The van der Waals surface area contributed by atoms with E-state index >= 15 is 0 Å². The van der Waals surface area contributed by atoms with Gasteiger partial charge in [0.25, 0.3) is 0 Å². The Balaban J connectivity index is 1.60. The van der Waals surface area contributed by atoms with Crippen LogP contribution in [0.15, 0.2) is 36.7 Å². The number of likely N-dealkylation sites (N-methyl/N-ethyl adjacent to an activating group) is 1. The molecule has 1 aliphatic heterocycles. The van der Waals surface area contributed by atoms with Crippen molar-refractivity contribution in [1.29, 1.82) is 0 Å². The van der Waals surface area contributed by atoms with Crippen molar-refractivity contribution in [3.05, 3.63) is 48.0 Å². The SMILES string of the molecule is CC(Cc1ccccn1)N(C)Cc1ccnc(N2CCCC2)n1. The Morgan fingerprint density at radius 1 is 1.09 bits per heavy atom. The van der Waals surface area contributed by atoms with Crippen molar-refractivity contribution in [3.8, 4) is 0 Å². The fourth-order valence-electron chi connectivity index (χ4n) is 2.93. The van der Waals surface area contributed by atoms with Gasteiger partial charge in [-0.25, -0.2) is 9.97 Å². The maximum Gasteiger partial charge on any atom is 0.225 e. The summed E-state index contributed by atoms with van der Waals surface area (Å²) in [5.41, 5.74) is 2.21. The third-order valence-corrected chi connectivity index (χ3v) is 4.48. The van der Waals surface area contributed by atoms with Crippen LogP contribution in [-0.4, -0.2) is 46.0 Å². The van der Waals surface area contributed by atoms with E-state index in [0.717, 1.165) is 43.4 Å². The molecule has 2 aromatic heterocycles. The van der Waals surface area contributed by atoms with E-state index in [-0.39, 0.29) is 0 Å². The maximum atomic E-state index is 4.74. The van der Waals surface area contributed by atoms with Crippen molar-refractivity contribution >= 4 is 5.95 Å². The lowest BCUT2D eigenvalue weighted by molar-refractivity contribution is 0.244. The molecule has 2 aromatic rings. The molecule has 1 atom stereocenters. The number of hydrogen-bond donors (Lipinski definition) is 0. The molecule has 122 valence electrons. The monoisotopic (exact) mass is 311 g/mol. The Hall–Kier alpha value is -2.01. The predicted octanol–water partition coefficient (Wildman–Crippen LogP) is 2.53. The summed E-state index contributed by atoms with van der Waals surface area (Å²) in [6.45, 7) is 5.22. The Bertz CT molecular complexity index is 610. The van der Waals surface area contributed by atoms with Gasteiger partial charge in [0, 0.05) is 50.2 Å². The molecule has 3 rings (SSSR count). The predicted molar refractivity (Wildman–Crippen MR) is 92.3 cm³/mol. The smallest absolute Gasteiger partial charge is 0.225 e. The van der Waals surface area contributed by atoms with Crippen LogP contribution in [0.3, 0.4) is 0 Å². The molecule has 0 spiro atoms. The third-order valence-electron chi connectivity index (χ3n) is 4.48. The van der Waals surface area contributed by atoms with E-state index in [1.54, 1.807) is 0 Å². The molecule has 0 aliphatic carbocycles. The van der Waals surface area contributed by atoms with Crippen LogP contribution in [-0.2, 0) is 13.0 Å². The molecule has 0 bridgehead atoms. The van der Waals surface area contributed by atoms with E-state index in [1.165, 1.54) is 12.8 Å². The van der Waals surface area contributed by atoms with Crippen LogP contribution in [0.4, 0.5) is 5.95 Å². The second-order valence-corrected chi connectivity index (χ2v) is 6.33. The summed E-state index contributed by atoms with van der Waals surface area (Å²) < 4.78 is 0. The number of aromatic nitrogens is 3. The summed E-state index contributed by atoms with van der Waals surface area (Å²) in [5, 5.41) is 0. The van der Waals surface area contributed by atoms with E-state index in [4.69, 9.17) is 4.98 Å². The van der Waals surface area contributed by atoms with Crippen LogP contribution in [0, 0.1) is 0 Å². The maximum absolute atomic E-state index is 4.74. The average molecular weight is 311 g/mol. The molecule has 0 amide bonds. The van der Waals surface area contributed by atoms with Gasteiger partial charge in [-0.1, -0.05) is 6.07 Å². The van der Waals surface area contributed by atoms with Gasteiger partial charge < -0.3 is 4.90 Å². The molecule has 0 radical (unpaired) electrons. The van der Waals surface area contributed by atoms with E-state index in [2.05, 4.69) is 39.8 Å². The first-order chi connectivity index (χ1) is 11.2. The van der Waals surface area contributed by atoms with Crippen molar-refractivity contribution in [2.45, 2.75) is 38.8 Å². The highest BCUT2D eigenvalue weighted by Gasteiger charge is 2.16. The molecule has 1 unspecified atom stereocenters. The highest BCUT2D eigenvalue weighted by molar-refractivity contribution is 5.31. The van der Waals surface area contributed by atoms with Crippen LogP contribution in [0.5, 0.6) is 0 Å². The van der Waals surface area contributed by atoms with Gasteiger partial charge in [-0.2, -0.15) is 0 Å². The fourth-order valence-corrected chi connectivity index (χ4v) is 2.93. The lowest BCUT2D eigenvalue weighted by atomic mass is 10.1. The Kier molecular flexibility index (Phi) is 5.18. The normalized spacial score (nSPS) is 16.0. The zero-order valence-corrected chi connectivity index (χ0v) is 14.0. The van der Waals surface area contributed by atoms with E-state index in [1.807, 2.05) is 30.6 Å². The minimum atomic E-state index is 0.412. The minimum Gasteiger partial charge on any atom is -0.341 e. The van der Waals surface area contributed by atoms with Gasteiger partial charge in [0.1, 0.15) is 0 Å². The first-order valence-electron chi connectivity index (χ1n) is 8.39. The molecule has 1 saturated heterocycles. The van der Waals surface area contributed by atoms with Crippen molar-refractivity contribution in [1.82, 2.24) is 19.9 Å². The first kappa shape index (κ1) is 15.9. The van der Waals surface area contributed by atoms with Crippen LogP contribution < -0.4 is 4.90 Å². The molecule has 5 heteroatoms. The highest BCUT2D eigenvalue weighted by atomic mass is 15.3. The van der Waals surface area contributed by atoms with Crippen LogP contribution in [0.2, 0.25) is 0 Å². The Labute approximate surface area is 138 Å². The van der Waals surface area contributed by atoms with Gasteiger partial charge in [-0.05, 0) is 45.0 Å². The topological polar surface area (TPSA) is 45.2 Å². The molecule has 0 saturated carbocycles. The zero-order chi connectivity index (χ0) is 16.1. The van der Waals surface area contributed by atoms with Crippen molar-refractivity contribution in [3.63, 3.8) is 0 Å². The molecular formula is C18H25N5. The van der Waals surface area contributed by atoms with Gasteiger partial charge in [-0.3, -0.25) is 9.88 Å². The van der Waals surface area contributed by atoms with Crippen molar-refractivity contribution in [2.75, 3.05) is 25.0 Å². The zero-order valence-electron chi connectivity index (χ0n) is 14.0. The average Bonchev–Trinajstić information content (AvgIpc) is 3.10. The molecule has 5 nitrogen and oxygen atoms in total. The quantitative estimate of drug-likeness (QED) is 0.820. The van der Waals surface area contributed by atoms with Crippen LogP contribution in [0.1, 0.15) is 31.2 Å². The summed E-state index contributed by atoms with van der Waals surface area (Å²) >= 11 is 0. The largest absolute Gasteiger partial charge is 0.341 e. The molecule has 23 heavy (non-hydrogen) atoms. The lowest BCUT2D eigenvalue weighted by Crippen LogP contribution is -2.31. The molecule has 1 fully saturated rings. The van der Waals surface area contributed by atoms with Gasteiger partial charge in [0.15, 0.2) is 0 Å². The fraction of sp³-hybridized carbons (Fsp3) is 0.500. The molecule has 0 aromatic carbocycles. The summed E-state index contributed by atoms with van der Waals surface area (Å²) in [6, 6.07) is 8.51. The summed E-state index contributed by atoms with van der Waals surface area (Å²) in [5.74, 6) is 0.880. The Morgan fingerprint density at radius 2 is 1.91 bits per heavy atom. The molecule has 0 N–H and O–H groups in total. The van der Waals surface area contributed by atoms with Gasteiger partial charge >= 0.3 is 0 Å². The second-order valence-electron chi connectivity index (χ2n) is 6.33. The minimum absolute atomic E-state index is 0.412.